The summed E-state index contributed by atoms with van der Waals surface area (Å²) in [7, 11) is 0. The van der Waals surface area contributed by atoms with Crippen LogP contribution in [0, 0.1) is 6.92 Å². The zero-order valence-corrected chi connectivity index (χ0v) is 36.1. The van der Waals surface area contributed by atoms with Crippen molar-refractivity contribution in [2.45, 2.75) is 6.92 Å². The van der Waals surface area contributed by atoms with E-state index in [-0.39, 0.29) is 6.85 Å². The first kappa shape index (κ1) is 38.3. The van der Waals surface area contributed by atoms with Gasteiger partial charge in [0.25, 0.3) is 0 Å². The van der Waals surface area contributed by atoms with E-state index in [1.54, 1.807) is 0 Å². The normalized spacial score (nSPS) is 12.3. The van der Waals surface area contributed by atoms with Gasteiger partial charge in [-0.25, -0.2) is 0 Å². The maximum Gasteiger partial charge on any atom is 0.333 e. The van der Waals surface area contributed by atoms with E-state index in [0.717, 1.165) is 34.1 Å². The van der Waals surface area contributed by atoms with Crippen molar-refractivity contribution in [1.82, 2.24) is 0 Å². The molecule has 2 aliphatic rings. The van der Waals surface area contributed by atoms with Crippen molar-refractivity contribution in [3.05, 3.63) is 254 Å². The van der Waals surface area contributed by atoms with Gasteiger partial charge in [-0.2, -0.15) is 0 Å². The van der Waals surface area contributed by atoms with E-state index in [1.807, 2.05) is 0 Å². The van der Waals surface area contributed by atoms with Gasteiger partial charge in [0.2, 0.25) is 0 Å². The van der Waals surface area contributed by atoms with Crippen molar-refractivity contribution in [2.24, 2.45) is 0 Å². The van der Waals surface area contributed by atoms with Crippen LogP contribution < -0.4 is 25.5 Å². The lowest BCUT2D eigenvalue weighted by Gasteiger charge is -2.46. The Morgan fingerprint density at radius 2 is 0.846 bits per heavy atom. The molecule has 0 unspecified atom stereocenters. The van der Waals surface area contributed by atoms with Gasteiger partial charge in [-0.05, 0) is 135 Å². The first-order valence-electron chi connectivity index (χ1n) is 22.5. The predicted molar refractivity (Wildman–Crippen MR) is 276 cm³/mol. The van der Waals surface area contributed by atoms with Crippen molar-refractivity contribution < 1.29 is 0 Å². The molecule has 12 rings (SSSR count). The molecule has 0 fully saturated rings. The molecule has 4 heteroatoms. The fourth-order valence-corrected chi connectivity index (χ4v) is 10.1. The third-order valence-electron chi connectivity index (χ3n) is 13.0. The van der Waals surface area contributed by atoms with E-state index in [2.05, 4.69) is 270 Å². The molecule has 306 valence electrons. The largest absolute Gasteiger partial charge is 0.376 e. The van der Waals surface area contributed by atoms with Gasteiger partial charge in [-0.1, -0.05) is 176 Å². The molecular weight excluding hydrogens is 786 g/mol. The summed E-state index contributed by atoms with van der Waals surface area (Å²) < 4.78 is 0. The fraction of sp³-hybridized carbons (Fsp3) is 0.0164. The summed E-state index contributed by atoms with van der Waals surface area (Å²) >= 11 is 0. The Morgan fingerprint density at radius 1 is 0.338 bits per heavy atom. The summed E-state index contributed by atoms with van der Waals surface area (Å²) in [6.45, 7) is 2.10. The molecule has 0 saturated heterocycles. The molecular formula is C61H44BN3. The van der Waals surface area contributed by atoms with Crippen molar-refractivity contribution in [3.63, 3.8) is 0 Å². The van der Waals surface area contributed by atoms with Crippen LogP contribution in [0.2, 0.25) is 0 Å². The van der Waals surface area contributed by atoms with Gasteiger partial charge in [-0.15, -0.1) is 0 Å². The van der Waals surface area contributed by atoms with Crippen LogP contribution in [0.25, 0.3) is 44.5 Å². The van der Waals surface area contributed by atoms with E-state index in [9.17, 15) is 0 Å². The van der Waals surface area contributed by atoms with Gasteiger partial charge < -0.3 is 14.6 Å². The molecule has 65 heavy (non-hydrogen) atoms. The van der Waals surface area contributed by atoms with E-state index in [0.29, 0.717) is 0 Å². The molecule has 0 aromatic heterocycles. The number of hydrogen-bond donors (Lipinski definition) is 0. The number of fused-ring (bicyclic) bond motifs is 4. The van der Waals surface area contributed by atoms with E-state index >= 15 is 0 Å². The fourth-order valence-electron chi connectivity index (χ4n) is 10.1. The SMILES string of the molecule is Cc1cc2c3c(c1)N(c1cccc(-c4ccccc4)c1)c1cc(-c4ccccc4)ccc1B3N(c1cccc(-c3ccccc3)c1)c1cc(N(c3ccccc3)c3ccccc3)ccc1-2. The number of rotatable bonds is 8. The Bertz CT molecular complexity index is 3300. The summed E-state index contributed by atoms with van der Waals surface area (Å²) in [5.74, 6) is 0. The van der Waals surface area contributed by atoms with E-state index < -0.39 is 0 Å². The standard InChI is InChI=1S/C61H44BN3/c1-43-37-56-55-35-34-53(63(50-27-13-5-14-28-50)51-29-15-6-16-30-51)42-58(55)65(54-32-18-26-48(40-54)45-21-9-3-10-22-45)62-57-36-33-49(46-23-11-4-12-24-46)41-59(57)64(60(38-43)61(56)62)52-31-17-25-47(39-52)44-19-7-2-8-20-44/h2-42H,1H3. The second kappa shape index (κ2) is 16.1. The van der Waals surface area contributed by atoms with Gasteiger partial charge >= 0.3 is 6.85 Å². The molecule has 0 atom stereocenters. The Kier molecular flexibility index (Phi) is 9.49. The lowest BCUT2D eigenvalue weighted by atomic mass is 9.43. The highest BCUT2D eigenvalue weighted by atomic mass is 15.2. The first-order valence-corrected chi connectivity index (χ1v) is 22.5. The van der Waals surface area contributed by atoms with Crippen LogP contribution in [0.3, 0.4) is 0 Å². The number of hydrogen-bond acceptors (Lipinski definition) is 3. The minimum absolute atomic E-state index is 0.148. The number of aryl methyl sites for hydroxylation is 1. The molecule has 0 N–H and O–H groups in total. The van der Waals surface area contributed by atoms with Crippen LogP contribution in [-0.2, 0) is 0 Å². The van der Waals surface area contributed by atoms with Crippen LogP contribution in [0.15, 0.2) is 249 Å². The van der Waals surface area contributed by atoms with Crippen LogP contribution in [0.5, 0.6) is 0 Å². The van der Waals surface area contributed by atoms with E-state index in [1.165, 1.54) is 72.4 Å². The highest BCUT2D eigenvalue weighted by Gasteiger charge is 2.45. The molecule has 0 bridgehead atoms. The molecule has 0 amide bonds. The average Bonchev–Trinajstić information content (AvgIpc) is 3.37. The summed E-state index contributed by atoms with van der Waals surface area (Å²) in [6.07, 6.45) is 0. The van der Waals surface area contributed by atoms with Crippen molar-refractivity contribution in [2.75, 3.05) is 14.6 Å². The lowest BCUT2D eigenvalue weighted by Crippen LogP contribution is -2.61. The Hall–Kier alpha value is -8.34. The Labute approximate surface area is 381 Å². The highest BCUT2D eigenvalue weighted by Crippen LogP contribution is 2.50. The third-order valence-corrected chi connectivity index (χ3v) is 13.0. The van der Waals surface area contributed by atoms with Crippen LogP contribution >= 0.6 is 0 Å². The predicted octanol–water partition coefficient (Wildman–Crippen LogP) is 15.2. The van der Waals surface area contributed by atoms with Crippen molar-refractivity contribution in [3.8, 4) is 44.5 Å². The average molecular weight is 830 g/mol. The zero-order chi connectivity index (χ0) is 43.3. The monoisotopic (exact) mass is 829 g/mol. The summed E-state index contributed by atoms with van der Waals surface area (Å²) in [5, 5.41) is 0. The quantitative estimate of drug-likeness (QED) is 0.141. The number of anilines is 8. The molecule has 0 saturated carbocycles. The summed E-state index contributed by atoms with van der Waals surface area (Å²) in [6, 6.07) is 90.9. The highest BCUT2D eigenvalue weighted by molar-refractivity contribution is 6.93. The number of benzene rings is 10. The number of para-hydroxylation sites is 2. The zero-order valence-electron chi connectivity index (χ0n) is 36.1. The Morgan fingerprint density at radius 3 is 1.43 bits per heavy atom. The van der Waals surface area contributed by atoms with Crippen LogP contribution in [-0.4, -0.2) is 6.85 Å². The summed E-state index contributed by atoms with van der Waals surface area (Å²) in [5.41, 5.74) is 22.5. The molecule has 0 spiro atoms. The topological polar surface area (TPSA) is 9.72 Å². The summed E-state index contributed by atoms with van der Waals surface area (Å²) in [4.78, 5) is 7.53. The smallest absolute Gasteiger partial charge is 0.333 e. The van der Waals surface area contributed by atoms with Crippen LogP contribution in [0.4, 0.5) is 45.5 Å². The second-order valence-electron chi connectivity index (χ2n) is 17.0. The maximum absolute atomic E-state index is 2.62. The van der Waals surface area contributed by atoms with E-state index in [4.69, 9.17) is 0 Å². The van der Waals surface area contributed by atoms with Crippen molar-refractivity contribution in [1.29, 1.82) is 0 Å². The van der Waals surface area contributed by atoms with Crippen molar-refractivity contribution >= 4 is 63.3 Å². The van der Waals surface area contributed by atoms with Gasteiger partial charge in [0.15, 0.2) is 0 Å². The number of nitrogens with zero attached hydrogens (tertiary/aromatic N) is 3. The van der Waals surface area contributed by atoms with Gasteiger partial charge in [0, 0.05) is 51.1 Å². The third kappa shape index (κ3) is 6.79. The lowest BCUT2D eigenvalue weighted by molar-refractivity contribution is 1.25. The minimum atomic E-state index is -0.148. The minimum Gasteiger partial charge on any atom is -0.376 e. The second-order valence-corrected chi connectivity index (χ2v) is 17.0. The molecule has 2 aliphatic heterocycles. The van der Waals surface area contributed by atoms with Gasteiger partial charge in [0.1, 0.15) is 0 Å². The Balaban J connectivity index is 1.15. The molecule has 2 heterocycles. The van der Waals surface area contributed by atoms with Gasteiger partial charge in [-0.3, -0.25) is 0 Å². The molecule has 10 aromatic carbocycles. The molecule has 3 nitrogen and oxygen atoms in total. The first-order chi connectivity index (χ1) is 32.2. The maximum atomic E-state index is 2.62. The molecule has 0 aliphatic carbocycles. The van der Waals surface area contributed by atoms with Gasteiger partial charge in [0.05, 0.1) is 0 Å². The van der Waals surface area contributed by atoms with Crippen LogP contribution in [0.1, 0.15) is 5.56 Å². The molecule has 10 aromatic rings. The molecule has 0 radical (unpaired) electrons.